The topological polar surface area (TPSA) is 43.1 Å². The van der Waals surface area contributed by atoms with E-state index in [9.17, 15) is 4.21 Å². The molecular formula is C16H19NOS3. The monoisotopic (exact) mass is 337 g/mol. The zero-order chi connectivity index (χ0) is 15.0. The van der Waals surface area contributed by atoms with Crippen molar-refractivity contribution in [3.05, 3.63) is 40.8 Å². The molecule has 0 amide bonds. The number of benzene rings is 1. The van der Waals surface area contributed by atoms with Gasteiger partial charge in [-0.3, -0.25) is 4.21 Å². The zero-order valence-electron chi connectivity index (χ0n) is 12.2. The van der Waals surface area contributed by atoms with E-state index in [0.717, 1.165) is 22.0 Å². The fourth-order valence-corrected chi connectivity index (χ4v) is 6.45. The molecule has 0 saturated heterocycles. The van der Waals surface area contributed by atoms with Gasteiger partial charge >= 0.3 is 0 Å². The van der Waals surface area contributed by atoms with Crippen LogP contribution in [0.15, 0.2) is 44.3 Å². The molecule has 0 fully saturated rings. The second-order valence-electron chi connectivity index (χ2n) is 5.87. The van der Waals surface area contributed by atoms with Crippen molar-refractivity contribution in [2.75, 3.05) is 5.75 Å². The molecule has 0 bridgehead atoms. The van der Waals surface area contributed by atoms with Gasteiger partial charge in [-0.25, -0.2) is 0 Å². The van der Waals surface area contributed by atoms with Crippen molar-refractivity contribution in [3.63, 3.8) is 0 Å². The Morgan fingerprint density at radius 3 is 2.86 bits per heavy atom. The molecule has 112 valence electrons. The third kappa shape index (κ3) is 3.11. The summed E-state index contributed by atoms with van der Waals surface area (Å²) < 4.78 is 13.5. The van der Waals surface area contributed by atoms with Gasteiger partial charge in [0, 0.05) is 27.0 Å². The van der Waals surface area contributed by atoms with Crippen molar-refractivity contribution in [3.8, 4) is 0 Å². The normalized spacial score (nSPS) is 20.2. The Hall–Kier alpha value is -0.620. The van der Waals surface area contributed by atoms with Crippen LogP contribution in [0.2, 0.25) is 0 Å². The maximum atomic E-state index is 12.3. The molecule has 0 saturated carbocycles. The van der Waals surface area contributed by atoms with Crippen LogP contribution >= 0.6 is 23.1 Å². The molecule has 0 radical (unpaired) electrons. The van der Waals surface area contributed by atoms with Gasteiger partial charge in [0.1, 0.15) is 0 Å². The van der Waals surface area contributed by atoms with E-state index in [1.54, 1.807) is 23.1 Å². The van der Waals surface area contributed by atoms with Crippen molar-refractivity contribution in [2.24, 2.45) is 5.73 Å². The number of fused-ring (bicyclic) bond motifs is 1. The maximum absolute atomic E-state index is 12.3. The summed E-state index contributed by atoms with van der Waals surface area (Å²) in [7, 11) is -0.856. The number of rotatable bonds is 3. The van der Waals surface area contributed by atoms with Gasteiger partial charge in [0.25, 0.3) is 0 Å². The van der Waals surface area contributed by atoms with Gasteiger partial charge < -0.3 is 5.73 Å². The lowest BCUT2D eigenvalue weighted by molar-refractivity contribution is 0.486. The Balaban J connectivity index is 1.92. The molecule has 1 aromatic carbocycles. The first-order valence-electron chi connectivity index (χ1n) is 6.99. The minimum atomic E-state index is -0.856. The standard InChI is InChI=1S/C16H19NOS3/c1-16(2)7-8-21(18)14-9-11(3-5-13(14)16)19-15-6-4-12(10-17)20-15/h3-6,9H,7-8,10,17H2,1-2H3. The van der Waals surface area contributed by atoms with E-state index in [1.807, 2.05) is 0 Å². The summed E-state index contributed by atoms with van der Waals surface area (Å²) in [4.78, 5) is 3.37. The summed E-state index contributed by atoms with van der Waals surface area (Å²) in [6.07, 6.45) is 0.990. The molecule has 0 aliphatic carbocycles. The molecule has 1 aliphatic rings. The van der Waals surface area contributed by atoms with Crippen molar-refractivity contribution in [1.82, 2.24) is 0 Å². The average Bonchev–Trinajstić information content (AvgIpc) is 2.91. The van der Waals surface area contributed by atoms with Crippen LogP contribution in [0.1, 0.15) is 30.7 Å². The second kappa shape index (κ2) is 5.88. The van der Waals surface area contributed by atoms with E-state index >= 15 is 0 Å². The van der Waals surface area contributed by atoms with Gasteiger partial charge in [-0.15, -0.1) is 11.3 Å². The zero-order valence-corrected chi connectivity index (χ0v) is 14.7. The highest BCUT2D eigenvalue weighted by atomic mass is 32.2. The van der Waals surface area contributed by atoms with Crippen LogP contribution in [0.3, 0.4) is 0 Å². The van der Waals surface area contributed by atoms with E-state index in [1.165, 1.54) is 14.6 Å². The molecule has 5 heteroatoms. The van der Waals surface area contributed by atoms with Crippen LogP contribution in [-0.2, 0) is 22.8 Å². The summed E-state index contributed by atoms with van der Waals surface area (Å²) in [5, 5.41) is 0. The lowest BCUT2D eigenvalue weighted by Gasteiger charge is -2.32. The van der Waals surface area contributed by atoms with E-state index < -0.39 is 10.8 Å². The van der Waals surface area contributed by atoms with Crippen LogP contribution in [-0.4, -0.2) is 9.96 Å². The van der Waals surface area contributed by atoms with Gasteiger partial charge in [-0.05, 0) is 41.7 Å². The third-order valence-electron chi connectivity index (χ3n) is 3.90. The summed E-state index contributed by atoms with van der Waals surface area (Å²) in [6, 6.07) is 10.6. The predicted molar refractivity (Wildman–Crippen MR) is 91.7 cm³/mol. The summed E-state index contributed by atoms with van der Waals surface area (Å²) in [6.45, 7) is 5.07. The SMILES string of the molecule is CC1(C)CCS(=O)c2cc(Sc3ccc(CN)s3)ccc21. The van der Waals surface area contributed by atoms with Crippen LogP contribution < -0.4 is 5.73 Å². The van der Waals surface area contributed by atoms with Crippen molar-refractivity contribution in [2.45, 2.75) is 46.2 Å². The lowest BCUT2D eigenvalue weighted by Crippen LogP contribution is -2.27. The summed E-state index contributed by atoms with van der Waals surface area (Å²) in [5.41, 5.74) is 7.02. The van der Waals surface area contributed by atoms with Crippen LogP contribution in [0, 0.1) is 0 Å². The first-order valence-corrected chi connectivity index (χ1v) is 9.94. The van der Waals surface area contributed by atoms with Gasteiger partial charge in [-0.2, -0.15) is 0 Å². The maximum Gasteiger partial charge on any atom is 0.0649 e. The van der Waals surface area contributed by atoms with Gasteiger partial charge in [0.05, 0.1) is 15.0 Å². The Kier molecular flexibility index (Phi) is 4.28. The molecule has 3 rings (SSSR count). The van der Waals surface area contributed by atoms with Crippen LogP contribution in [0.25, 0.3) is 0 Å². The lowest BCUT2D eigenvalue weighted by atomic mass is 9.82. The average molecular weight is 338 g/mol. The first kappa shape index (κ1) is 15.3. The molecule has 2 N–H and O–H groups in total. The van der Waals surface area contributed by atoms with Crippen LogP contribution in [0.5, 0.6) is 0 Å². The van der Waals surface area contributed by atoms with Crippen LogP contribution in [0.4, 0.5) is 0 Å². The molecule has 0 spiro atoms. The first-order chi connectivity index (χ1) is 9.99. The Bertz CT molecular complexity index is 691. The Morgan fingerprint density at radius 2 is 2.14 bits per heavy atom. The quantitative estimate of drug-likeness (QED) is 0.915. The number of thiophene rings is 1. The number of hydrogen-bond acceptors (Lipinski definition) is 4. The minimum absolute atomic E-state index is 0.127. The van der Waals surface area contributed by atoms with Crippen molar-refractivity contribution in [1.29, 1.82) is 0 Å². The number of nitrogens with two attached hydrogens (primary N) is 1. The second-order valence-corrected chi connectivity index (χ2v) is 9.95. The molecule has 21 heavy (non-hydrogen) atoms. The fraction of sp³-hybridized carbons (Fsp3) is 0.375. The third-order valence-corrected chi connectivity index (χ3v) is 7.53. The van der Waals surface area contributed by atoms with Crippen molar-refractivity contribution >= 4 is 33.9 Å². The predicted octanol–water partition coefficient (Wildman–Crippen LogP) is 4.15. The van der Waals surface area contributed by atoms with Gasteiger partial charge in [0.15, 0.2) is 0 Å². The summed E-state index contributed by atoms with van der Waals surface area (Å²) >= 11 is 3.46. The largest absolute Gasteiger partial charge is 0.326 e. The fourth-order valence-electron chi connectivity index (χ4n) is 2.55. The van der Waals surface area contributed by atoms with Gasteiger partial charge in [0.2, 0.25) is 0 Å². The van der Waals surface area contributed by atoms with Gasteiger partial charge in [-0.1, -0.05) is 31.7 Å². The molecule has 1 aromatic heterocycles. The highest BCUT2D eigenvalue weighted by molar-refractivity contribution is 8.01. The highest BCUT2D eigenvalue weighted by Crippen LogP contribution is 2.40. The van der Waals surface area contributed by atoms with Crippen molar-refractivity contribution < 1.29 is 4.21 Å². The number of hydrogen-bond donors (Lipinski definition) is 1. The molecule has 1 aliphatic heterocycles. The molecular weight excluding hydrogens is 318 g/mol. The molecule has 2 heterocycles. The smallest absolute Gasteiger partial charge is 0.0649 e. The molecule has 1 atom stereocenters. The highest BCUT2D eigenvalue weighted by Gasteiger charge is 2.31. The summed E-state index contributed by atoms with van der Waals surface area (Å²) in [5.74, 6) is 0.768. The Morgan fingerprint density at radius 1 is 1.33 bits per heavy atom. The minimum Gasteiger partial charge on any atom is -0.326 e. The van der Waals surface area contributed by atoms with E-state index in [2.05, 4.69) is 44.2 Å². The van der Waals surface area contributed by atoms with E-state index in [-0.39, 0.29) is 5.41 Å². The van der Waals surface area contributed by atoms with E-state index in [0.29, 0.717) is 6.54 Å². The molecule has 2 aromatic rings. The molecule has 1 unspecified atom stereocenters. The molecule has 2 nitrogen and oxygen atoms in total. The van der Waals surface area contributed by atoms with E-state index in [4.69, 9.17) is 5.73 Å². The Labute approximate surface area is 136 Å².